The van der Waals surface area contributed by atoms with Gasteiger partial charge in [-0.1, -0.05) is 54.1 Å². The first-order valence-electron chi connectivity index (χ1n) is 9.30. The molecule has 1 heterocycles. The molecule has 0 fully saturated rings. The molecule has 1 aromatic heterocycles. The Hall–Kier alpha value is -3.45. The zero-order chi connectivity index (χ0) is 21.1. The van der Waals surface area contributed by atoms with Crippen LogP contribution in [-0.4, -0.2) is 13.4 Å². The number of halogens is 1. The average molecular weight is 422 g/mol. The highest BCUT2D eigenvalue weighted by Crippen LogP contribution is 2.33. The Morgan fingerprint density at radius 1 is 0.967 bits per heavy atom. The fourth-order valence-electron chi connectivity index (χ4n) is 2.94. The Balaban J connectivity index is 1.77. The monoisotopic (exact) mass is 422 g/mol. The molecule has 0 unspecified atom stereocenters. The molecule has 3 aromatic carbocycles. The third kappa shape index (κ3) is 4.11. The van der Waals surface area contributed by atoms with Crippen LogP contribution in [0.2, 0.25) is 0 Å². The summed E-state index contributed by atoms with van der Waals surface area (Å²) in [7, 11) is -4.10. The van der Waals surface area contributed by atoms with Crippen molar-refractivity contribution >= 4 is 15.7 Å². The fraction of sp³-hybridized carbons (Fsp3) is 0.0870. The molecule has 4 aromatic rings. The molecule has 0 bridgehead atoms. The van der Waals surface area contributed by atoms with Gasteiger partial charge in [-0.05, 0) is 42.8 Å². The van der Waals surface area contributed by atoms with Crippen molar-refractivity contribution in [2.24, 2.45) is 0 Å². The van der Waals surface area contributed by atoms with Crippen molar-refractivity contribution in [1.82, 2.24) is 4.98 Å². The van der Waals surface area contributed by atoms with E-state index in [1.165, 1.54) is 18.2 Å². The molecular formula is C23H19FN2O3S. The number of anilines is 1. The first-order valence-corrected chi connectivity index (χ1v) is 10.8. The molecular weight excluding hydrogens is 403 g/mol. The smallest absolute Gasteiger partial charge is 0.234 e. The molecule has 0 amide bonds. The minimum Gasteiger partial charge on any atom is -0.419 e. The summed E-state index contributed by atoms with van der Waals surface area (Å²) in [6.45, 7) is 2.29. The number of nitrogens with zero attached hydrogens (tertiary/aromatic N) is 1. The highest BCUT2D eigenvalue weighted by atomic mass is 32.2. The lowest BCUT2D eigenvalue weighted by Crippen LogP contribution is -2.07. The zero-order valence-corrected chi connectivity index (χ0v) is 17.0. The quantitative estimate of drug-likeness (QED) is 0.460. The standard InChI is InChI=1S/C23H19FN2O3S/c1-16-10-12-18(13-11-16)21-26-23(30(27,28)20-9-5-8-19(24)14-20)22(29-21)25-15-17-6-3-2-4-7-17/h2-14,25H,15H2,1H3. The molecule has 0 radical (unpaired) electrons. The third-order valence-corrected chi connectivity index (χ3v) is 6.21. The Kier molecular flexibility index (Phi) is 5.37. The van der Waals surface area contributed by atoms with Crippen molar-refractivity contribution in [3.8, 4) is 11.5 Å². The van der Waals surface area contributed by atoms with Crippen LogP contribution < -0.4 is 5.32 Å². The number of hydrogen-bond acceptors (Lipinski definition) is 5. The van der Waals surface area contributed by atoms with Crippen molar-refractivity contribution in [1.29, 1.82) is 0 Å². The van der Waals surface area contributed by atoms with Crippen LogP contribution in [0.5, 0.6) is 0 Å². The maximum atomic E-state index is 13.7. The van der Waals surface area contributed by atoms with Gasteiger partial charge in [-0.25, -0.2) is 12.8 Å². The van der Waals surface area contributed by atoms with E-state index in [0.29, 0.717) is 12.1 Å². The van der Waals surface area contributed by atoms with Gasteiger partial charge < -0.3 is 9.73 Å². The van der Waals surface area contributed by atoms with E-state index >= 15 is 0 Å². The van der Waals surface area contributed by atoms with E-state index in [2.05, 4.69) is 10.3 Å². The van der Waals surface area contributed by atoms with Crippen LogP contribution in [0.25, 0.3) is 11.5 Å². The van der Waals surface area contributed by atoms with Crippen molar-refractivity contribution in [3.63, 3.8) is 0 Å². The van der Waals surface area contributed by atoms with Crippen LogP contribution in [0.1, 0.15) is 11.1 Å². The Labute approximate surface area is 174 Å². The molecule has 1 N–H and O–H groups in total. The van der Waals surface area contributed by atoms with Crippen LogP contribution in [0.15, 0.2) is 93.2 Å². The zero-order valence-electron chi connectivity index (χ0n) is 16.2. The Morgan fingerprint density at radius 2 is 1.70 bits per heavy atom. The molecule has 5 nitrogen and oxygen atoms in total. The molecule has 0 spiro atoms. The van der Waals surface area contributed by atoms with E-state index < -0.39 is 15.7 Å². The summed E-state index contributed by atoms with van der Waals surface area (Å²) in [5, 5.41) is 2.74. The van der Waals surface area contributed by atoms with Gasteiger partial charge >= 0.3 is 0 Å². The normalized spacial score (nSPS) is 11.4. The number of aryl methyl sites for hydroxylation is 1. The second kappa shape index (κ2) is 8.12. The highest BCUT2D eigenvalue weighted by Gasteiger charge is 2.28. The maximum Gasteiger partial charge on any atom is 0.234 e. The average Bonchev–Trinajstić information content (AvgIpc) is 3.19. The lowest BCUT2D eigenvalue weighted by Gasteiger charge is -2.06. The number of nitrogens with one attached hydrogen (secondary N) is 1. The second-order valence-electron chi connectivity index (χ2n) is 6.82. The molecule has 30 heavy (non-hydrogen) atoms. The van der Waals surface area contributed by atoms with Gasteiger partial charge in [-0.2, -0.15) is 4.98 Å². The van der Waals surface area contributed by atoms with Gasteiger partial charge in [0.15, 0.2) is 0 Å². The predicted octanol–water partition coefficient (Wildman–Crippen LogP) is 5.23. The first kappa shape index (κ1) is 19.8. The minimum atomic E-state index is -4.10. The van der Waals surface area contributed by atoms with E-state index in [9.17, 15) is 12.8 Å². The molecule has 0 aliphatic carbocycles. The molecule has 0 saturated heterocycles. The fourth-order valence-corrected chi connectivity index (χ4v) is 4.25. The summed E-state index contributed by atoms with van der Waals surface area (Å²) in [5.41, 5.74) is 2.64. The SMILES string of the molecule is Cc1ccc(-c2nc(S(=O)(=O)c3cccc(F)c3)c(NCc3ccccc3)o2)cc1. The van der Waals surface area contributed by atoms with Gasteiger partial charge in [-0.15, -0.1) is 0 Å². The van der Waals surface area contributed by atoms with Crippen molar-refractivity contribution < 1.29 is 17.2 Å². The maximum absolute atomic E-state index is 13.7. The van der Waals surface area contributed by atoms with E-state index in [1.54, 1.807) is 12.1 Å². The van der Waals surface area contributed by atoms with Crippen molar-refractivity contribution in [2.45, 2.75) is 23.4 Å². The first-order chi connectivity index (χ1) is 14.4. The molecule has 0 aliphatic heterocycles. The summed E-state index contributed by atoms with van der Waals surface area (Å²) in [6, 6.07) is 21.7. The summed E-state index contributed by atoms with van der Waals surface area (Å²) < 4.78 is 45.8. The summed E-state index contributed by atoms with van der Waals surface area (Å²) in [6.07, 6.45) is 0. The van der Waals surface area contributed by atoms with E-state index in [4.69, 9.17) is 4.42 Å². The number of aromatic nitrogens is 1. The lowest BCUT2D eigenvalue weighted by molar-refractivity contribution is 0.575. The number of rotatable bonds is 6. The Bertz CT molecular complexity index is 1270. The lowest BCUT2D eigenvalue weighted by atomic mass is 10.1. The molecule has 4 rings (SSSR count). The molecule has 0 saturated carbocycles. The topological polar surface area (TPSA) is 72.2 Å². The van der Waals surface area contributed by atoms with Crippen LogP contribution in [0.3, 0.4) is 0 Å². The van der Waals surface area contributed by atoms with Gasteiger partial charge in [0.05, 0.1) is 4.90 Å². The van der Waals surface area contributed by atoms with Crippen LogP contribution >= 0.6 is 0 Å². The van der Waals surface area contributed by atoms with Gasteiger partial charge in [-0.3, -0.25) is 0 Å². The Morgan fingerprint density at radius 3 is 2.40 bits per heavy atom. The van der Waals surface area contributed by atoms with Crippen molar-refractivity contribution in [3.05, 3.63) is 95.8 Å². The number of benzene rings is 3. The number of hydrogen-bond donors (Lipinski definition) is 1. The van der Waals surface area contributed by atoms with Crippen LogP contribution in [-0.2, 0) is 16.4 Å². The summed E-state index contributed by atoms with van der Waals surface area (Å²) >= 11 is 0. The summed E-state index contributed by atoms with van der Waals surface area (Å²) in [4.78, 5) is 4.07. The van der Waals surface area contributed by atoms with E-state index in [1.807, 2.05) is 49.4 Å². The third-order valence-electron chi connectivity index (χ3n) is 4.55. The van der Waals surface area contributed by atoms with Crippen LogP contribution in [0, 0.1) is 12.7 Å². The molecule has 7 heteroatoms. The number of oxazole rings is 1. The van der Waals surface area contributed by atoms with Gasteiger partial charge in [0, 0.05) is 12.1 Å². The van der Waals surface area contributed by atoms with Crippen molar-refractivity contribution in [2.75, 3.05) is 5.32 Å². The second-order valence-corrected chi connectivity index (χ2v) is 8.68. The van der Waals surface area contributed by atoms with Gasteiger partial charge in [0.1, 0.15) is 5.82 Å². The molecule has 0 aliphatic rings. The van der Waals surface area contributed by atoms with Crippen LogP contribution in [0.4, 0.5) is 10.3 Å². The molecule has 0 atom stereocenters. The minimum absolute atomic E-state index is 0.0127. The predicted molar refractivity (Wildman–Crippen MR) is 112 cm³/mol. The summed E-state index contributed by atoms with van der Waals surface area (Å²) in [5.74, 6) is -0.462. The molecule has 152 valence electrons. The van der Waals surface area contributed by atoms with E-state index in [0.717, 1.165) is 17.2 Å². The highest BCUT2D eigenvalue weighted by molar-refractivity contribution is 7.91. The van der Waals surface area contributed by atoms with Gasteiger partial charge in [0.2, 0.25) is 26.6 Å². The van der Waals surface area contributed by atoms with Gasteiger partial charge in [0.25, 0.3) is 0 Å². The number of sulfone groups is 1. The van der Waals surface area contributed by atoms with E-state index in [-0.39, 0.29) is 21.7 Å². The largest absolute Gasteiger partial charge is 0.419 e.